The fourth-order valence-corrected chi connectivity index (χ4v) is 3.97. The van der Waals surface area contributed by atoms with E-state index in [0.717, 1.165) is 5.75 Å². The first-order valence-corrected chi connectivity index (χ1v) is 12.3. The summed E-state index contributed by atoms with van der Waals surface area (Å²) in [6.07, 6.45) is 0.447. The minimum Gasteiger partial charge on any atom is -0.497 e. The maximum atomic E-state index is 12.4. The normalized spacial score (nSPS) is 10.7. The molecule has 0 atom stereocenters. The maximum absolute atomic E-state index is 12.4. The van der Waals surface area contributed by atoms with E-state index < -0.39 is 0 Å². The molecule has 0 aliphatic carbocycles. The van der Waals surface area contributed by atoms with Gasteiger partial charge in [0, 0.05) is 24.2 Å². The summed E-state index contributed by atoms with van der Waals surface area (Å²) in [4.78, 5) is 24.7. The van der Waals surface area contributed by atoms with E-state index in [1.165, 1.54) is 11.8 Å². The molecule has 0 spiro atoms. The number of hydrogen-bond donors (Lipinski definition) is 2. The largest absolute Gasteiger partial charge is 0.497 e. The van der Waals surface area contributed by atoms with Gasteiger partial charge in [-0.15, -0.1) is 10.2 Å². The lowest BCUT2D eigenvalue weighted by Crippen LogP contribution is -2.26. The lowest BCUT2D eigenvalue weighted by molar-refractivity contribution is -0.113. The highest BCUT2D eigenvalue weighted by atomic mass is 32.2. The Balaban J connectivity index is 1.30. The predicted octanol–water partition coefficient (Wildman–Crippen LogP) is 3.23. The standard InChI is InChI=1S/C25H26N6O4S/c1-3-35-20-10-6-18(7-11-20)27-23(32)16-36-24-13-12-21-28-29-22(31(21)30-24)14-15-26-25(33)17-4-8-19(34-2)9-5-17/h4-13H,3,14-16H2,1-2H3,(H,26,33)(H,27,32). The number of hydrogen-bond acceptors (Lipinski definition) is 8. The van der Waals surface area contributed by atoms with Gasteiger partial charge in [-0.2, -0.15) is 9.61 Å². The second kappa shape index (κ2) is 12.0. The lowest BCUT2D eigenvalue weighted by atomic mass is 10.2. The van der Waals surface area contributed by atoms with Gasteiger partial charge in [-0.1, -0.05) is 11.8 Å². The number of ether oxygens (including phenoxy) is 2. The highest BCUT2D eigenvalue weighted by Crippen LogP contribution is 2.19. The van der Waals surface area contributed by atoms with Crippen LogP contribution in [0.4, 0.5) is 5.69 Å². The van der Waals surface area contributed by atoms with Crippen molar-refractivity contribution in [2.45, 2.75) is 18.4 Å². The number of benzene rings is 2. The van der Waals surface area contributed by atoms with Crippen molar-refractivity contribution in [3.8, 4) is 11.5 Å². The van der Waals surface area contributed by atoms with Gasteiger partial charge in [0.05, 0.1) is 19.5 Å². The molecule has 0 saturated carbocycles. The van der Waals surface area contributed by atoms with Crippen LogP contribution in [0.5, 0.6) is 11.5 Å². The monoisotopic (exact) mass is 506 g/mol. The van der Waals surface area contributed by atoms with Gasteiger partial charge >= 0.3 is 0 Å². The Morgan fingerprint density at radius 1 is 0.972 bits per heavy atom. The molecule has 10 nitrogen and oxygen atoms in total. The summed E-state index contributed by atoms with van der Waals surface area (Å²) in [5.41, 5.74) is 1.84. The molecule has 0 fully saturated rings. The van der Waals surface area contributed by atoms with Crippen LogP contribution >= 0.6 is 11.8 Å². The number of thioether (sulfide) groups is 1. The van der Waals surface area contributed by atoms with Crippen LogP contribution in [0.3, 0.4) is 0 Å². The van der Waals surface area contributed by atoms with E-state index in [-0.39, 0.29) is 17.6 Å². The molecule has 0 bridgehead atoms. The Labute approximate surface area is 212 Å². The predicted molar refractivity (Wildman–Crippen MR) is 137 cm³/mol. The van der Waals surface area contributed by atoms with Crippen molar-refractivity contribution in [2.24, 2.45) is 0 Å². The highest BCUT2D eigenvalue weighted by molar-refractivity contribution is 7.99. The number of nitrogens with zero attached hydrogens (tertiary/aromatic N) is 4. The Bertz CT molecular complexity index is 1320. The zero-order valence-corrected chi connectivity index (χ0v) is 20.7. The molecule has 0 saturated heterocycles. The number of anilines is 1. The average molecular weight is 507 g/mol. The summed E-state index contributed by atoms with van der Waals surface area (Å²) < 4.78 is 12.2. The minimum atomic E-state index is -0.186. The summed E-state index contributed by atoms with van der Waals surface area (Å²) in [6, 6.07) is 17.7. The van der Waals surface area contributed by atoms with Crippen LogP contribution in [0.2, 0.25) is 0 Å². The van der Waals surface area contributed by atoms with Gasteiger partial charge in [0.1, 0.15) is 16.5 Å². The Hall–Kier alpha value is -4.12. The molecule has 4 rings (SSSR count). The molecule has 2 aromatic heterocycles. The minimum absolute atomic E-state index is 0.142. The first-order chi connectivity index (χ1) is 17.6. The average Bonchev–Trinajstić information content (AvgIpc) is 3.31. The van der Waals surface area contributed by atoms with Gasteiger partial charge in [0.15, 0.2) is 11.5 Å². The van der Waals surface area contributed by atoms with Crippen LogP contribution in [0.15, 0.2) is 65.7 Å². The van der Waals surface area contributed by atoms with Crippen molar-refractivity contribution in [1.82, 2.24) is 25.1 Å². The van der Waals surface area contributed by atoms with E-state index in [1.54, 1.807) is 60.2 Å². The number of carbonyl (C=O) groups is 2. The maximum Gasteiger partial charge on any atom is 0.251 e. The fraction of sp³-hybridized carbons (Fsp3) is 0.240. The third-order valence-corrected chi connectivity index (χ3v) is 6.01. The summed E-state index contributed by atoms with van der Waals surface area (Å²) in [6.45, 7) is 2.88. The summed E-state index contributed by atoms with van der Waals surface area (Å²) in [5.74, 6) is 1.93. The van der Waals surface area contributed by atoms with E-state index >= 15 is 0 Å². The molecule has 2 aromatic carbocycles. The number of amides is 2. The van der Waals surface area contributed by atoms with Crippen molar-refractivity contribution < 1.29 is 19.1 Å². The second-order valence-electron chi connectivity index (χ2n) is 7.59. The molecule has 0 radical (unpaired) electrons. The molecular weight excluding hydrogens is 480 g/mol. The smallest absolute Gasteiger partial charge is 0.251 e. The van der Waals surface area contributed by atoms with Crippen LogP contribution in [0.25, 0.3) is 5.65 Å². The quantitative estimate of drug-likeness (QED) is 0.298. The van der Waals surface area contributed by atoms with E-state index in [1.807, 2.05) is 19.1 Å². The van der Waals surface area contributed by atoms with Crippen molar-refractivity contribution in [3.05, 3.63) is 72.1 Å². The third kappa shape index (κ3) is 6.51. The molecule has 0 unspecified atom stereocenters. The Morgan fingerprint density at radius 2 is 1.72 bits per heavy atom. The fourth-order valence-electron chi connectivity index (χ4n) is 3.32. The number of fused-ring (bicyclic) bond motifs is 1. The number of nitrogens with one attached hydrogen (secondary N) is 2. The topological polar surface area (TPSA) is 120 Å². The van der Waals surface area contributed by atoms with Crippen LogP contribution in [-0.4, -0.2) is 57.6 Å². The molecule has 2 amide bonds. The molecule has 0 aliphatic heterocycles. The Morgan fingerprint density at radius 3 is 2.44 bits per heavy atom. The summed E-state index contributed by atoms with van der Waals surface area (Å²) in [7, 11) is 1.58. The van der Waals surface area contributed by atoms with Crippen LogP contribution in [0.1, 0.15) is 23.1 Å². The molecule has 36 heavy (non-hydrogen) atoms. The van der Waals surface area contributed by atoms with Crippen LogP contribution in [0, 0.1) is 0 Å². The summed E-state index contributed by atoms with van der Waals surface area (Å²) >= 11 is 1.31. The van der Waals surface area contributed by atoms with Gasteiger partial charge in [0.25, 0.3) is 5.91 Å². The van der Waals surface area contributed by atoms with Crippen molar-refractivity contribution in [3.63, 3.8) is 0 Å². The molecule has 11 heteroatoms. The lowest BCUT2D eigenvalue weighted by Gasteiger charge is -2.07. The summed E-state index contributed by atoms with van der Waals surface area (Å²) in [5, 5.41) is 19.3. The second-order valence-corrected chi connectivity index (χ2v) is 8.58. The first kappa shape index (κ1) is 25.0. The number of rotatable bonds is 11. The molecular formula is C25H26N6O4S. The van der Waals surface area contributed by atoms with E-state index in [0.29, 0.717) is 53.1 Å². The molecule has 2 N–H and O–H groups in total. The van der Waals surface area contributed by atoms with Crippen molar-refractivity contribution in [1.29, 1.82) is 0 Å². The number of aromatic nitrogens is 4. The number of carbonyl (C=O) groups excluding carboxylic acids is 2. The van der Waals surface area contributed by atoms with Crippen LogP contribution in [-0.2, 0) is 11.2 Å². The van der Waals surface area contributed by atoms with Crippen LogP contribution < -0.4 is 20.1 Å². The number of methoxy groups -OCH3 is 1. The van der Waals surface area contributed by atoms with E-state index in [2.05, 4.69) is 25.9 Å². The van der Waals surface area contributed by atoms with Gasteiger partial charge in [-0.05, 0) is 67.6 Å². The van der Waals surface area contributed by atoms with Gasteiger partial charge < -0.3 is 20.1 Å². The Kier molecular flexibility index (Phi) is 8.35. The van der Waals surface area contributed by atoms with Gasteiger partial charge in [-0.3, -0.25) is 9.59 Å². The zero-order chi connectivity index (χ0) is 25.3. The third-order valence-electron chi connectivity index (χ3n) is 5.09. The molecule has 4 aromatic rings. The molecule has 186 valence electrons. The van der Waals surface area contributed by atoms with E-state index in [9.17, 15) is 9.59 Å². The first-order valence-electron chi connectivity index (χ1n) is 11.3. The van der Waals surface area contributed by atoms with Gasteiger partial charge in [0.2, 0.25) is 5.91 Å². The molecule has 2 heterocycles. The van der Waals surface area contributed by atoms with Gasteiger partial charge in [-0.25, -0.2) is 0 Å². The van der Waals surface area contributed by atoms with Crippen molar-refractivity contribution >= 4 is 34.9 Å². The van der Waals surface area contributed by atoms with Crippen molar-refractivity contribution in [2.75, 3.05) is 31.3 Å². The SMILES string of the molecule is CCOc1ccc(NC(=O)CSc2ccc3nnc(CCNC(=O)c4ccc(OC)cc4)n3n2)cc1. The van der Waals surface area contributed by atoms with E-state index in [4.69, 9.17) is 9.47 Å². The zero-order valence-electron chi connectivity index (χ0n) is 19.9. The molecule has 0 aliphatic rings. The highest BCUT2D eigenvalue weighted by Gasteiger charge is 2.11.